The lowest BCUT2D eigenvalue weighted by molar-refractivity contribution is 0.130. The van der Waals surface area contributed by atoms with Gasteiger partial charge < -0.3 is 9.84 Å². The third-order valence-corrected chi connectivity index (χ3v) is 2.81. The summed E-state index contributed by atoms with van der Waals surface area (Å²) in [6, 6.07) is 10.5. The topological polar surface area (TPSA) is 32.7 Å². The predicted octanol–water partition coefficient (Wildman–Crippen LogP) is 1.56. The van der Waals surface area contributed by atoms with Gasteiger partial charge in [-0.25, -0.2) is 0 Å². The molecule has 0 amide bonds. The Labute approximate surface area is 104 Å². The van der Waals surface area contributed by atoms with Crippen LogP contribution in [-0.4, -0.2) is 50.0 Å². The molecule has 0 unspecified atom stereocenters. The Morgan fingerprint density at radius 3 is 2.53 bits per heavy atom. The molecule has 0 aromatic heterocycles. The van der Waals surface area contributed by atoms with Crippen LogP contribution in [0.1, 0.15) is 12.0 Å². The maximum atomic E-state index is 8.97. The Hall–Kier alpha value is -0.900. The van der Waals surface area contributed by atoms with Crippen molar-refractivity contribution in [2.45, 2.75) is 12.8 Å². The lowest BCUT2D eigenvalue weighted by Gasteiger charge is -2.20. The molecular weight excluding hydrogens is 214 g/mol. The van der Waals surface area contributed by atoms with Crippen molar-refractivity contribution in [2.24, 2.45) is 0 Å². The van der Waals surface area contributed by atoms with Gasteiger partial charge in [0.2, 0.25) is 0 Å². The molecule has 0 saturated carbocycles. The molecule has 96 valence electrons. The van der Waals surface area contributed by atoms with Crippen LogP contribution in [0.25, 0.3) is 0 Å². The molecule has 1 rings (SSSR count). The molecule has 1 N–H and O–H groups in total. The van der Waals surface area contributed by atoms with Crippen LogP contribution < -0.4 is 0 Å². The number of hydrogen-bond donors (Lipinski definition) is 1. The van der Waals surface area contributed by atoms with Gasteiger partial charge in [0.15, 0.2) is 0 Å². The third kappa shape index (κ3) is 6.41. The highest BCUT2D eigenvalue weighted by Gasteiger charge is 2.03. The van der Waals surface area contributed by atoms with E-state index in [4.69, 9.17) is 9.84 Å². The fraction of sp³-hybridized carbons (Fsp3) is 0.571. The van der Waals surface area contributed by atoms with Gasteiger partial charge in [-0.05, 0) is 24.9 Å². The van der Waals surface area contributed by atoms with Gasteiger partial charge in [-0.1, -0.05) is 30.3 Å². The van der Waals surface area contributed by atoms with E-state index in [0.29, 0.717) is 0 Å². The first-order chi connectivity index (χ1) is 8.36. The molecule has 1 aromatic rings. The van der Waals surface area contributed by atoms with Crippen molar-refractivity contribution in [3.8, 4) is 0 Å². The molecule has 0 heterocycles. The first-order valence-corrected chi connectivity index (χ1v) is 6.23. The number of aliphatic hydroxyl groups is 1. The number of hydrogen-bond acceptors (Lipinski definition) is 3. The molecule has 0 saturated heterocycles. The van der Waals surface area contributed by atoms with Gasteiger partial charge >= 0.3 is 0 Å². The molecule has 3 nitrogen and oxygen atoms in total. The first kappa shape index (κ1) is 14.2. The average Bonchev–Trinajstić information content (AvgIpc) is 2.37. The van der Waals surface area contributed by atoms with Gasteiger partial charge in [0.25, 0.3) is 0 Å². The molecular formula is C14H23NO2. The van der Waals surface area contributed by atoms with Gasteiger partial charge in [0.1, 0.15) is 0 Å². The van der Waals surface area contributed by atoms with Crippen LogP contribution in [-0.2, 0) is 11.2 Å². The van der Waals surface area contributed by atoms with Crippen molar-refractivity contribution in [1.82, 2.24) is 4.90 Å². The second kappa shape index (κ2) is 9.16. The largest absolute Gasteiger partial charge is 0.395 e. The zero-order valence-electron chi connectivity index (χ0n) is 10.6. The highest BCUT2D eigenvalue weighted by atomic mass is 16.5. The molecule has 0 aliphatic heterocycles. The normalized spacial score (nSPS) is 11.0. The fourth-order valence-corrected chi connectivity index (χ4v) is 1.85. The summed E-state index contributed by atoms with van der Waals surface area (Å²) in [5.74, 6) is 0. The van der Waals surface area contributed by atoms with Gasteiger partial charge in [-0.3, -0.25) is 4.90 Å². The number of nitrogens with zero attached hydrogens (tertiary/aromatic N) is 1. The molecule has 0 aliphatic carbocycles. The second-order valence-corrected chi connectivity index (χ2v) is 4.15. The summed E-state index contributed by atoms with van der Waals surface area (Å²) in [6.45, 7) is 3.59. The maximum absolute atomic E-state index is 8.97. The van der Waals surface area contributed by atoms with Crippen LogP contribution in [0.2, 0.25) is 0 Å². The van der Waals surface area contributed by atoms with E-state index in [1.165, 1.54) is 5.56 Å². The Balaban J connectivity index is 2.22. The van der Waals surface area contributed by atoms with E-state index in [-0.39, 0.29) is 6.61 Å². The summed E-state index contributed by atoms with van der Waals surface area (Å²) >= 11 is 0. The third-order valence-electron chi connectivity index (χ3n) is 2.81. The lowest BCUT2D eigenvalue weighted by atomic mass is 10.1. The van der Waals surface area contributed by atoms with Crippen LogP contribution in [0.5, 0.6) is 0 Å². The number of benzene rings is 1. The van der Waals surface area contributed by atoms with Crippen LogP contribution in [0.4, 0.5) is 0 Å². The second-order valence-electron chi connectivity index (χ2n) is 4.15. The van der Waals surface area contributed by atoms with E-state index in [0.717, 1.165) is 39.1 Å². The standard InChI is InChI=1S/C14H23NO2/c1-17-13-11-15(10-12-16)9-5-8-14-6-3-2-4-7-14/h2-4,6-7,16H,5,8-13H2,1H3. The van der Waals surface area contributed by atoms with Crippen molar-refractivity contribution in [3.63, 3.8) is 0 Å². The molecule has 1 aromatic carbocycles. The Morgan fingerprint density at radius 2 is 1.88 bits per heavy atom. The van der Waals surface area contributed by atoms with Crippen molar-refractivity contribution in [2.75, 3.05) is 40.0 Å². The lowest BCUT2D eigenvalue weighted by Crippen LogP contribution is -2.31. The quantitative estimate of drug-likeness (QED) is 0.707. The van der Waals surface area contributed by atoms with E-state index >= 15 is 0 Å². The van der Waals surface area contributed by atoms with E-state index in [1.54, 1.807) is 7.11 Å². The van der Waals surface area contributed by atoms with Crippen molar-refractivity contribution >= 4 is 0 Å². The van der Waals surface area contributed by atoms with E-state index in [1.807, 2.05) is 6.07 Å². The number of aliphatic hydroxyl groups excluding tert-OH is 1. The van der Waals surface area contributed by atoms with Crippen molar-refractivity contribution in [1.29, 1.82) is 0 Å². The minimum Gasteiger partial charge on any atom is -0.395 e. The smallest absolute Gasteiger partial charge is 0.0589 e. The molecule has 17 heavy (non-hydrogen) atoms. The average molecular weight is 237 g/mol. The van der Waals surface area contributed by atoms with E-state index in [2.05, 4.69) is 29.2 Å². The number of aryl methyl sites for hydroxylation is 1. The van der Waals surface area contributed by atoms with Crippen LogP contribution in [0.3, 0.4) is 0 Å². The van der Waals surface area contributed by atoms with Crippen LogP contribution in [0, 0.1) is 0 Å². The van der Waals surface area contributed by atoms with Gasteiger partial charge in [0, 0.05) is 20.2 Å². The Bertz CT molecular complexity index is 277. The molecule has 3 heteroatoms. The van der Waals surface area contributed by atoms with Gasteiger partial charge in [-0.2, -0.15) is 0 Å². The summed E-state index contributed by atoms with van der Waals surface area (Å²) in [7, 11) is 1.71. The van der Waals surface area contributed by atoms with Crippen molar-refractivity contribution in [3.05, 3.63) is 35.9 Å². The van der Waals surface area contributed by atoms with Crippen LogP contribution >= 0.6 is 0 Å². The zero-order valence-corrected chi connectivity index (χ0v) is 10.6. The number of ether oxygens (including phenoxy) is 1. The summed E-state index contributed by atoms with van der Waals surface area (Å²) in [5, 5.41) is 8.97. The molecule has 0 fully saturated rings. The van der Waals surface area contributed by atoms with E-state index < -0.39 is 0 Å². The SMILES string of the molecule is COCCN(CCO)CCCc1ccccc1. The van der Waals surface area contributed by atoms with Gasteiger partial charge in [0.05, 0.1) is 13.2 Å². The zero-order chi connectivity index (χ0) is 12.3. The summed E-state index contributed by atoms with van der Waals surface area (Å²) in [4.78, 5) is 2.24. The maximum Gasteiger partial charge on any atom is 0.0589 e. The summed E-state index contributed by atoms with van der Waals surface area (Å²) in [6.07, 6.45) is 2.21. The number of methoxy groups -OCH3 is 1. The summed E-state index contributed by atoms with van der Waals surface area (Å²) < 4.78 is 5.06. The minimum absolute atomic E-state index is 0.217. The highest BCUT2D eigenvalue weighted by Crippen LogP contribution is 2.03. The Kier molecular flexibility index (Phi) is 7.63. The molecule has 0 atom stereocenters. The molecule has 0 bridgehead atoms. The minimum atomic E-state index is 0.217. The van der Waals surface area contributed by atoms with Gasteiger partial charge in [-0.15, -0.1) is 0 Å². The molecule has 0 radical (unpaired) electrons. The van der Waals surface area contributed by atoms with Crippen molar-refractivity contribution < 1.29 is 9.84 Å². The van der Waals surface area contributed by atoms with E-state index in [9.17, 15) is 0 Å². The number of rotatable bonds is 9. The first-order valence-electron chi connectivity index (χ1n) is 6.23. The monoisotopic (exact) mass is 237 g/mol. The summed E-state index contributed by atoms with van der Waals surface area (Å²) in [5.41, 5.74) is 1.38. The van der Waals surface area contributed by atoms with Crippen LogP contribution in [0.15, 0.2) is 30.3 Å². The highest BCUT2D eigenvalue weighted by molar-refractivity contribution is 5.14. The Morgan fingerprint density at radius 1 is 1.12 bits per heavy atom. The molecule has 0 spiro atoms. The molecule has 0 aliphatic rings. The predicted molar refractivity (Wildman–Crippen MR) is 70.2 cm³/mol. The fourth-order valence-electron chi connectivity index (χ4n) is 1.85.